The van der Waals surface area contributed by atoms with Gasteiger partial charge in [-0.3, -0.25) is 4.79 Å². The Kier molecular flexibility index (Phi) is 2.63. The lowest BCUT2D eigenvalue weighted by atomic mass is 9.94. The van der Waals surface area contributed by atoms with E-state index in [9.17, 15) is 4.79 Å². The zero-order valence-corrected chi connectivity index (χ0v) is 11.3. The maximum atomic E-state index is 11.4. The molecule has 0 spiro atoms. The van der Waals surface area contributed by atoms with Crippen molar-refractivity contribution < 1.29 is 9.53 Å². The highest BCUT2D eigenvalue weighted by Crippen LogP contribution is 2.38. The molecule has 5 heteroatoms. The number of ether oxygens (including phenoxy) is 1. The number of nitrogens with two attached hydrogens (primary N) is 1. The fraction of sp³-hybridized carbons (Fsp3) is 0.533. The van der Waals surface area contributed by atoms with Gasteiger partial charge in [-0.1, -0.05) is 0 Å². The van der Waals surface area contributed by atoms with Gasteiger partial charge in [0.15, 0.2) is 0 Å². The summed E-state index contributed by atoms with van der Waals surface area (Å²) in [7, 11) is 0. The van der Waals surface area contributed by atoms with Crippen molar-refractivity contribution in [2.45, 2.75) is 50.4 Å². The van der Waals surface area contributed by atoms with Crippen LogP contribution in [0.1, 0.15) is 31.2 Å². The molecule has 2 saturated heterocycles. The van der Waals surface area contributed by atoms with Crippen LogP contribution in [0.25, 0.3) is 0 Å². The summed E-state index contributed by atoms with van der Waals surface area (Å²) in [6, 6.07) is 4.31. The van der Waals surface area contributed by atoms with E-state index >= 15 is 0 Å². The zero-order valence-electron chi connectivity index (χ0n) is 11.3. The molecule has 0 aromatic heterocycles. The van der Waals surface area contributed by atoms with E-state index in [2.05, 4.69) is 16.7 Å². The van der Waals surface area contributed by atoms with Crippen molar-refractivity contribution in [3.05, 3.63) is 17.7 Å². The lowest BCUT2D eigenvalue weighted by Gasteiger charge is -2.24. The third-order valence-corrected chi connectivity index (χ3v) is 4.62. The van der Waals surface area contributed by atoms with Crippen LogP contribution in [0.4, 0.5) is 17.1 Å². The molecule has 106 valence electrons. The van der Waals surface area contributed by atoms with Crippen LogP contribution < -0.4 is 16.4 Å². The predicted octanol–water partition coefficient (Wildman–Crippen LogP) is 1.89. The van der Waals surface area contributed by atoms with Crippen LogP contribution >= 0.6 is 0 Å². The smallest absolute Gasteiger partial charge is 0.224 e. The number of rotatable bonds is 2. The molecule has 0 saturated carbocycles. The Labute approximate surface area is 117 Å². The number of hydrogen-bond acceptors (Lipinski definition) is 4. The van der Waals surface area contributed by atoms with Gasteiger partial charge in [-0.05, 0) is 43.4 Å². The zero-order chi connectivity index (χ0) is 13.7. The summed E-state index contributed by atoms with van der Waals surface area (Å²) < 4.78 is 5.86. The lowest BCUT2D eigenvalue weighted by Crippen LogP contribution is -2.31. The molecule has 0 aliphatic carbocycles. The van der Waals surface area contributed by atoms with Gasteiger partial charge in [-0.25, -0.2) is 0 Å². The van der Waals surface area contributed by atoms with E-state index in [1.807, 2.05) is 6.07 Å². The maximum Gasteiger partial charge on any atom is 0.224 e. The van der Waals surface area contributed by atoms with E-state index in [1.165, 1.54) is 6.42 Å². The van der Waals surface area contributed by atoms with Gasteiger partial charge in [-0.15, -0.1) is 0 Å². The minimum atomic E-state index is 0.0686. The minimum Gasteiger partial charge on any atom is -0.397 e. The standard InChI is InChI=1S/C15H19N3O2/c16-10-7-11-8(1-4-15(19)18-11)5-12(10)17-13-6-9-2-3-14(13)20-9/h5,7,9,13-14,17H,1-4,6,16H2,(H,18,19). The van der Waals surface area contributed by atoms with Crippen molar-refractivity contribution in [3.8, 4) is 0 Å². The van der Waals surface area contributed by atoms with Crippen LogP contribution in [0.2, 0.25) is 0 Å². The van der Waals surface area contributed by atoms with Crippen molar-refractivity contribution in [1.82, 2.24) is 0 Å². The third-order valence-electron chi connectivity index (χ3n) is 4.62. The number of carbonyl (C=O) groups is 1. The Bertz CT molecular complexity index is 572. The Balaban J connectivity index is 1.58. The van der Waals surface area contributed by atoms with Crippen molar-refractivity contribution in [3.63, 3.8) is 0 Å². The third kappa shape index (κ3) is 1.93. The SMILES string of the molecule is Nc1cc2c(cc1NC1CC3CCC1O3)CCC(=O)N2. The van der Waals surface area contributed by atoms with Crippen molar-refractivity contribution >= 4 is 23.0 Å². The number of carbonyl (C=O) groups excluding carboxylic acids is 1. The average Bonchev–Trinajstić information content (AvgIpc) is 3.02. The number of nitrogen functional groups attached to an aromatic ring is 1. The van der Waals surface area contributed by atoms with Crippen LogP contribution in [0.15, 0.2) is 12.1 Å². The second-order valence-electron chi connectivity index (χ2n) is 6.01. The summed E-state index contributed by atoms with van der Waals surface area (Å²) >= 11 is 0. The fourth-order valence-corrected chi connectivity index (χ4v) is 3.56. The molecule has 5 nitrogen and oxygen atoms in total. The molecule has 3 unspecified atom stereocenters. The Morgan fingerprint density at radius 3 is 2.95 bits per heavy atom. The summed E-state index contributed by atoms with van der Waals surface area (Å²) in [6.07, 6.45) is 5.48. The fourth-order valence-electron chi connectivity index (χ4n) is 3.56. The van der Waals surface area contributed by atoms with Gasteiger partial charge in [0.25, 0.3) is 0 Å². The number of nitrogens with one attached hydrogen (secondary N) is 2. The van der Waals surface area contributed by atoms with Crippen molar-refractivity contribution in [1.29, 1.82) is 0 Å². The first-order valence-electron chi connectivity index (χ1n) is 7.33. The van der Waals surface area contributed by atoms with E-state index < -0.39 is 0 Å². The number of benzene rings is 1. The molecule has 1 aromatic carbocycles. The second kappa shape index (κ2) is 4.38. The van der Waals surface area contributed by atoms with E-state index in [0.29, 0.717) is 30.4 Å². The average molecular weight is 273 g/mol. The monoisotopic (exact) mass is 273 g/mol. The summed E-state index contributed by atoms with van der Waals surface area (Å²) in [6.45, 7) is 0. The van der Waals surface area contributed by atoms with Gasteiger partial charge in [0, 0.05) is 12.1 Å². The van der Waals surface area contributed by atoms with Gasteiger partial charge in [0.05, 0.1) is 29.6 Å². The molecule has 3 aliphatic heterocycles. The first kappa shape index (κ1) is 12.0. The van der Waals surface area contributed by atoms with E-state index in [-0.39, 0.29) is 5.91 Å². The molecule has 3 aliphatic rings. The lowest BCUT2D eigenvalue weighted by molar-refractivity contribution is -0.116. The Morgan fingerprint density at radius 1 is 1.30 bits per heavy atom. The normalized spacial score (nSPS) is 31.0. The molecular weight excluding hydrogens is 254 g/mol. The van der Waals surface area contributed by atoms with Crippen LogP contribution in [0.3, 0.4) is 0 Å². The highest BCUT2D eigenvalue weighted by atomic mass is 16.5. The van der Waals surface area contributed by atoms with Crippen LogP contribution in [0.5, 0.6) is 0 Å². The van der Waals surface area contributed by atoms with E-state index in [0.717, 1.165) is 36.2 Å². The van der Waals surface area contributed by atoms with Gasteiger partial charge in [0.1, 0.15) is 0 Å². The molecule has 0 radical (unpaired) electrons. The van der Waals surface area contributed by atoms with Gasteiger partial charge in [-0.2, -0.15) is 0 Å². The predicted molar refractivity (Wildman–Crippen MR) is 77.7 cm³/mol. The highest BCUT2D eigenvalue weighted by molar-refractivity contribution is 5.95. The molecule has 3 atom stereocenters. The minimum absolute atomic E-state index is 0.0686. The largest absolute Gasteiger partial charge is 0.397 e. The number of fused-ring (bicyclic) bond motifs is 3. The molecular formula is C15H19N3O2. The van der Waals surface area contributed by atoms with Crippen LogP contribution in [-0.4, -0.2) is 24.2 Å². The molecule has 2 fully saturated rings. The van der Waals surface area contributed by atoms with Crippen molar-refractivity contribution in [2.75, 3.05) is 16.4 Å². The molecule has 1 amide bonds. The van der Waals surface area contributed by atoms with Gasteiger partial charge in [0.2, 0.25) is 5.91 Å². The van der Waals surface area contributed by atoms with Crippen LogP contribution in [-0.2, 0) is 16.0 Å². The number of hydrogen-bond donors (Lipinski definition) is 3. The number of aryl methyl sites for hydroxylation is 1. The topological polar surface area (TPSA) is 76.4 Å². The molecule has 3 heterocycles. The summed E-state index contributed by atoms with van der Waals surface area (Å²) in [5.74, 6) is 0.0686. The molecule has 1 aromatic rings. The second-order valence-corrected chi connectivity index (χ2v) is 6.01. The number of anilines is 3. The molecule has 2 bridgehead atoms. The highest BCUT2D eigenvalue weighted by Gasteiger charge is 2.40. The van der Waals surface area contributed by atoms with Gasteiger partial charge >= 0.3 is 0 Å². The summed E-state index contributed by atoms with van der Waals surface area (Å²) in [5.41, 5.74) is 9.79. The van der Waals surface area contributed by atoms with Crippen molar-refractivity contribution in [2.24, 2.45) is 0 Å². The Hall–Kier alpha value is -1.75. The number of amides is 1. The molecule has 4 N–H and O–H groups in total. The van der Waals surface area contributed by atoms with E-state index in [4.69, 9.17) is 10.5 Å². The molecule has 4 rings (SSSR count). The van der Waals surface area contributed by atoms with Gasteiger partial charge < -0.3 is 21.1 Å². The first-order valence-corrected chi connectivity index (χ1v) is 7.33. The first-order chi connectivity index (χ1) is 9.69. The maximum absolute atomic E-state index is 11.4. The summed E-state index contributed by atoms with van der Waals surface area (Å²) in [4.78, 5) is 11.4. The summed E-state index contributed by atoms with van der Waals surface area (Å²) in [5, 5.41) is 6.42. The van der Waals surface area contributed by atoms with E-state index in [1.54, 1.807) is 0 Å². The van der Waals surface area contributed by atoms with Crippen LogP contribution in [0, 0.1) is 0 Å². The Morgan fingerprint density at radius 2 is 2.20 bits per heavy atom. The quantitative estimate of drug-likeness (QED) is 0.719. The molecule has 20 heavy (non-hydrogen) atoms.